The van der Waals surface area contributed by atoms with Crippen molar-refractivity contribution in [1.82, 2.24) is 24.7 Å². The Morgan fingerprint density at radius 1 is 1.12 bits per heavy atom. The summed E-state index contributed by atoms with van der Waals surface area (Å²) >= 11 is 0. The average Bonchev–Trinajstić information content (AvgIpc) is 3.39. The zero-order valence-electron chi connectivity index (χ0n) is 23.2. The summed E-state index contributed by atoms with van der Waals surface area (Å²) in [5.74, 6) is 2.02. The monoisotopic (exact) mass is 562 g/mol. The van der Waals surface area contributed by atoms with E-state index in [1.54, 1.807) is 19.5 Å². The average molecular weight is 563 g/mol. The van der Waals surface area contributed by atoms with Crippen LogP contribution in [0.4, 0.5) is 5.69 Å². The predicted molar refractivity (Wildman–Crippen MR) is 154 cm³/mol. The molecule has 4 aromatic heterocycles. The Bertz CT molecular complexity index is 1660. The number of anilines is 1. The first-order valence-electron chi connectivity index (χ1n) is 13.6. The standard InChI is InChI=1S/C29H34N6O4S/c1-18-23-15-31-35(27(23)13-26(32-18)24-14-30-8-5-28(24)38-3)29-12-22(11-25(33-29)20-6-9-39-10-7-20)34-16-21(19(34)2)17-40(4,36)37/h5,8,11-15,19-21H,6-7,9-10,16-17H2,1-4H3/t19-,21-/m1/s1. The molecule has 0 unspecified atom stereocenters. The van der Waals surface area contributed by atoms with E-state index in [9.17, 15) is 8.42 Å². The van der Waals surface area contributed by atoms with E-state index in [2.05, 4.69) is 28.9 Å². The Hall–Kier alpha value is -3.57. The molecule has 0 bridgehead atoms. The van der Waals surface area contributed by atoms with E-state index < -0.39 is 9.84 Å². The normalized spacial score (nSPS) is 20.1. The summed E-state index contributed by atoms with van der Waals surface area (Å²) in [6.07, 6.45) is 8.42. The second-order valence-electron chi connectivity index (χ2n) is 10.9. The van der Waals surface area contributed by atoms with Crippen molar-refractivity contribution in [2.24, 2.45) is 5.92 Å². The van der Waals surface area contributed by atoms with Gasteiger partial charge < -0.3 is 14.4 Å². The second kappa shape index (κ2) is 10.4. The van der Waals surface area contributed by atoms with Crippen molar-refractivity contribution in [2.75, 3.05) is 43.8 Å². The van der Waals surface area contributed by atoms with Crippen molar-refractivity contribution < 1.29 is 17.9 Å². The van der Waals surface area contributed by atoms with Crippen molar-refractivity contribution in [1.29, 1.82) is 0 Å². The molecule has 210 valence electrons. The molecule has 4 aromatic rings. The number of hydrogen-bond acceptors (Lipinski definition) is 9. The Balaban J connectivity index is 1.45. The highest BCUT2D eigenvalue weighted by Gasteiger charge is 2.38. The topological polar surface area (TPSA) is 112 Å². The van der Waals surface area contributed by atoms with Gasteiger partial charge in [0.2, 0.25) is 0 Å². The van der Waals surface area contributed by atoms with Gasteiger partial charge in [-0.25, -0.2) is 18.1 Å². The molecule has 2 atom stereocenters. The van der Waals surface area contributed by atoms with Gasteiger partial charge >= 0.3 is 0 Å². The van der Waals surface area contributed by atoms with Crippen molar-refractivity contribution in [3.05, 3.63) is 54.2 Å². The third kappa shape index (κ3) is 5.03. The molecule has 2 fully saturated rings. The summed E-state index contributed by atoms with van der Waals surface area (Å²) in [6, 6.07) is 8.16. The fourth-order valence-electron chi connectivity index (χ4n) is 5.86. The highest BCUT2D eigenvalue weighted by Crippen LogP contribution is 2.37. The van der Waals surface area contributed by atoms with E-state index in [-0.39, 0.29) is 23.6 Å². The van der Waals surface area contributed by atoms with Crippen molar-refractivity contribution in [3.8, 4) is 22.8 Å². The minimum atomic E-state index is -3.04. The van der Waals surface area contributed by atoms with Crippen molar-refractivity contribution in [3.63, 3.8) is 0 Å². The lowest BCUT2D eigenvalue weighted by Crippen LogP contribution is -2.57. The Morgan fingerprint density at radius 2 is 1.93 bits per heavy atom. The van der Waals surface area contributed by atoms with Gasteiger partial charge in [0.1, 0.15) is 15.6 Å². The molecule has 6 rings (SSSR count). The molecule has 0 amide bonds. The molecular formula is C29H34N6O4S. The molecule has 0 spiro atoms. The van der Waals surface area contributed by atoms with Crippen LogP contribution in [0.5, 0.6) is 5.75 Å². The Labute approximate surface area is 234 Å². The first kappa shape index (κ1) is 26.6. The number of hydrogen-bond donors (Lipinski definition) is 0. The van der Waals surface area contributed by atoms with E-state index in [1.165, 1.54) is 6.26 Å². The maximum atomic E-state index is 11.9. The second-order valence-corrected chi connectivity index (χ2v) is 13.1. The summed E-state index contributed by atoms with van der Waals surface area (Å²) in [4.78, 5) is 16.5. The van der Waals surface area contributed by atoms with E-state index in [1.807, 2.05) is 29.9 Å². The molecule has 0 aliphatic carbocycles. The lowest BCUT2D eigenvalue weighted by atomic mass is 9.90. The van der Waals surface area contributed by atoms with Gasteiger partial charge in [-0.05, 0) is 44.9 Å². The molecule has 2 aliphatic rings. The first-order chi connectivity index (χ1) is 19.2. The summed E-state index contributed by atoms with van der Waals surface area (Å²) < 4.78 is 37.0. The Morgan fingerprint density at radius 3 is 2.65 bits per heavy atom. The highest BCUT2D eigenvalue weighted by molar-refractivity contribution is 7.90. The zero-order valence-corrected chi connectivity index (χ0v) is 24.1. The minimum absolute atomic E-state index is 0.106. The smallest absolute Gasteiger partial charge is 0.156 e. The maximum Gasteiger partial charge on any atom is 0.156 e. The Kier molecular flexibility index (Phi) is 6.95. The molecule has 10 nitrogen and oxygen atoms in total. The van der Waals surface area contributed by atoms with Gasteiger partial charge in [0.25, 0.3) is 0 Å². The summed E-state index contributed by atoms with van der Waals surface area (Å²) in [5, 5.41) is 5.70. The molecule has 2 saturated heterocycles. The summed E-state index contributed by atoms with van der Waals surface area (Å²) in [5.41, 5.74) is 5.34. The number of sulfone groups is 1. The number of nitrogens with zero attached hydrogens (tertiary/aromatic N) is 6. The van der Waals surface area contributed by atoms with Crippen LogP contribution >= 0.6 is 0 Å². The maximum absolute atomic E-state index is 11.9. The van der Waals surface area contributed by atoms with Gasteiger partial charge in [0.05, 0.1) is 35.8 Å². The van der Waals surface area contributed by atoms with Gasteiger partial charge in [0.15, 0.2) is 5.82 Å². The summed E-state index contributed by atoms with van der Waals surface area (Å²) in [7, 11) is -1.40. The summed E-state index contributed by atoms with van der Waals surface area (Å²) in [6.45, 7) is 6.20. The molecule has 0 aromatic carbocycles. The van der Waals surface area contributed by atoms with Crippen LogP contribution < -0.4 is 9.64 Å². The van der Waals surface area contributed by atoms with E-state index >= 15 is 0 Å². The number of methoxy groups -OCH3 is 1. The van der Waals surface area contributed by atoms with Crippen LogP contribution in [-0.2, 0) is 14.6 Å². The van der Waals surface area contributed by atoms with Gasteiger partial charge in [-0.2, -0.15) is 5.10 Å². The first-order valence-corrected chi connectivity index (χ1v) is 15.7. The predicted octanol–water partition coefficient (Wildman–Crippen LogP) is 3.96. The number of fused-ring (bicyclic) bond motifs is 1. The van der Waals surface area contributed by atoms with Crippen LogP contribution in [0.1, 0.15) is 37.1 Å². The molecule has 11 heteroatoms. The lowest BCUT2D eigenvalue weighted by molar-refractivity contribution is 0.0845. The number of pyridine rings is 3. The van der Waals surface area contributed by atoms with Crippen molar-refractivity contribution >= 4 is 26.4 Å². The number of aromatic nitrogens is 5. The highest BCUT2D eigenvalue weighted by atomic mass is 32.2. The third-order valence-corrected chi connectivity index (χ3v) is 9.19. The van der Waals surface area contributed by atoms with Crippen LogP contribution in [0.2, 0.25) is 0 Å². The van der Waals surface area contributed by atoms with Crippen LogP contribution in [0.15, 0.2) is 42.9 Å². The quantitative estimate of drug-likeness (QED) is 0.330. The number of ether oxygens (including phenoxy) is 2. The van der Waals surface area contributed by atoms with Crippen LogP contribution in [0, 0.1) is 12.8 Å². The number of aryl methyl sites for hydroxylation is 1. The minimum Gasteiger partial charge on any atom is -0.496 e. The van der Waals surface area contributed by atoms with Crippen molar-refractivity contribution in [2.45, 2.75) is 38.6 Å². The lowest BCUT2D eigenvalue weighted by Gasteiger charge is -2.48. The fourth-order valence-corrected chi connectivity index (χ4v) is 7.02. The fraction of sp³-hybridized carbons (Fsp3) is 0.448. The van der Waals surface area contributed by atoms with Gasteiger partial charge in [0, 0.05) is 84.8 Å². The SMILES string of the molecule is COc1ccncc1-c1cc2c(cnn2-c2cc(N3C[C@H](CS(C)(=O)=O)[C@H]3C)cc(C3CCOCC3)n2)c(C)n1. The van der Waals surface area contributed by atoms with Gasteiger partial charge in [-0.1, -0.05) is 0 Å². The largest absolute Gasteiger partial charge is 0.496 e. The molecular weight excluding hydrogens is 528 g/mol. The molecule has 6 heterocycles. The van der Waals surface area contributed by atoms with E-state index in [0.29, 0.717) is 25.5 Å². The van der Waals surface area contributed by atoms with Gasteiger partial charge in [-0.15, -0.1) is 0 Å². The van der Waals surface area contributed by atoms with E-state index in [0.717, 1.165) is 57.9 Å². The molecule has 0 saturated carbocycles. The molecule has 0 N–H and O–H groups in total. The third-order valence-electron chi connectivity index (χ3n) is 8.16. The molecule has 0 radical (unpaired) electrons. The van der Waals surface area contributed by atoms with E-state index in [4.69, 9.17) is 24.5 Å². The van der Waals surface area contributed by atoms with Gasteiger partial charge in [-0.3, -0.25) is 9.97 Å². The molecule has 2 aliphatic heterocycles. The molecule has 40 heavy (non-hydrogen) atoms. The van der Waals surface area contributed by atoms with Crippen LogP contribution in [-0.4, -0.2) is 78.1 Å². The van der Waals surface area contributed by atoms with Crippen LogP contribution in [0.3, 0.4) is 0 Å². The van der Waals surface area contributed by atoms with Crippen LogP contribution in [0.25, 0.3) is 28.0 Å². The zero-order chi connectivity index (χ0) is 28.0. The number of rotatable bonds is 7.